The van der Waals surface area contributed by atoms with Gasteiger partial charge in [0.25, 0.3) is 0 Å². The van der Waals surface area contributed by atoms with Crippen molar-refractivity contribution in [2.75, 3.05) is 41.0 Å². The molecule has 2 atom stereocenters. The molecular formula is C38H72NO7+. The molecule has 8 nitrogen and oxygen atoms in total. The molecule has 0 aromatic rings. The van der Waals surface area contributed by atoms with Crippen LogP contribution in [0.1, 0.15) is 162 Å². The first-order valence-electron chi connectivity index (χ1n) is 18.7. The van der Waals surface area contributed by atoms with Crippen molar-refractivity contribution in [2.45, 2.75) is 174 Å². The van der Waals surface area contributed by atoms with E-state index in [4.69, 9.17) is 14.2 Å². The highest BCUT2D eigenvalue weighted by Gasteiger charge is 2.31. The Morgan fingerprint density at radius 3 is 1.57 bits per heavy atom. The van der Waals surface area contributed by atoms with E-state index in [-0.39, 0.29) is 30.3 Å². The minimum Gasteiger partial charge on any atom is -0.477 e. The van der Waals surface area contributed by atoms with Gasteiger partial charge in [-0.2, -0.15) is 0 Å². The van der Waals surface area contributed by atoms with Crippen molar-refractivity contribution in [1.29, 1.82) is 0 Å². The van der Waals surface area contributed by atoms with Gasteiger partial charge in [0.05, 0.1) is 34.4 Å². The molecule has 0 saturated carbocycles. The summed E-state index contributed by atoms with van der Waals surface area (Å²) in [4.78, 5) is 35.1. The Balaban J connectivity index is 3.76. The normalized spacial score (nSPS) is 13.2. The molecule has 0 heterocycles. The van der Waals surface area contributed by atoms with Crippen LogP contribution in [-0.4, -0.2) is 80.6 Å². The zero-order chi connectivity index (χ0) is 34.3. The summed E-state index contributed by atoms with van der Waals surface area (Å²) in [5.74, 6) is -1.66. The first-order chi connectivity index (χ1) is 22.1. The van der Waals surface area contributed by atoms with Crippen LogP contribution in [0.4, 0.5) is 0 Å². The molecule has 270 valence electrons. The maximum absolute atomic E-state index is 12.4. The second-order valence-electron chi connectivity index (χ2n) is 13.9. The van der Waals surface area contributed by atoms with Crippen LogP contribution >= 0.6 is 0 Å². The third-order valence-corrected chi connectivity index (χ3v) is 8.47. The number of carboxylic acids is 1. The SMILES string of the molecule is CCCCCCCCCC/C=C\CCCCCCCCCCCCCC(=O)OC(COCCC(C(=O)O)[N+](C)(C)C)COC(C)=O. The lowest BCUT2D eigenvalue weighted by atomic mass is 10.0. The summed E-state index contributed by atoms with van der Waals surface area (Å²) in [6.45, 7) is 3.77. The maximum Gasteiger partial charge on any atom is 0.362 e. The van der Waals surface area contributed by atoms with Gasteiger partial charge in [0, 0.05) is 19.8 Å². The minimum atomic E-state index is -0.882. The van der Waals surface area contributed by atoms with E-state index in [1.165, 1.54) is 122 Å². The van der Waals surface area contributed by atoms with E-state index in [0.29, 0.717) is 12.8 Å². The molecule has 46 heavy (non-hydrogen) atoms. The Bertz CT molecular complexity index is 778. The van der Waals surface area contributed by atoms with Gasteiger partial charge in [0.2, 0.25) is 0 Å². The minimum absolute atomic E-state index is 0.0545. The molecular weight excluding hydrogens is 582 g/mol. The number of esters is 2. The van der Waals surface area contributed by atoms with E-state index in [2.05, 4.69) is 19.1 Å². The Morgan fingerprint density at radius 2 is 1.13 bits per heavy atom. The van der Waals surface area contributed by atoms with Crippen molar-refractivity contribution in [3.05, 3.63) is 12.2 Å². The third kappa shape index (κ3) is 29.5. The summed E-state index contributed by atoms with van der Waals surface area (Å²) in [6, 6.07) is -0.605. The molecule has 0 aliphatic rings. The highest BCUT2D eigenvalue weighted by atomic mass is 16.6. The number of nitrogens with zero attached hydrogens (tertiary/aromatic N) is 1. The largest absolute Gasteiger partial charge is 0.477 e. The predicted molar refractivity (Wildman–Crippen MR) is 188 cm³/mol. The van der Waals surface area contributed by atoms with E-state index >= 15 is 0 Å². The van der Waals surface area contributed by atoms with E-state index < -0.39 is 24.1 Å². The molecule has 8 heteroatoms. The summed E-state index contributed by atoms with van der Waals surface area (Å²) in [7, 11) is 5.47. The van der Waals surface area contributed by atoms with Gasteiger partial charge >= 0.3 is 17.9 Å². The second kappa shape index (κ2) is 30.4. The highest BCUT2D eigenvalue weighted by Crippen LogP contribution is 2.14. The molecule has 0 aliphatic carbocycles. The molecule has 0 bridgehead atoms. The third-order valence-electron chi connectivity index (χ3n) is 8.47. The quantitative estimate of drug-likeness (QED) is 0.0326. The van der Waals surface area contributed by atoms with Crippen molar-refractivity contribution in [3.8, 4) is 0 Å². The zero-order valence-corrected chi connectivity index (χ0v) is 30.5. The van der Waals surface area contributed by atoms with Gasteiger partial charge in [-0.1, -0.05) is 122 Å². The molecule has 0 fully saturated rings. The van der Waals surface area contributed by atoms with Gasteiger partial charge < -0.3 is 23.8 Å². The van der Waals surface area contributed by atoms with Gasteiger partial charge in [0.1, 0.15) is 6.61 Å². The average Bonchev–Trinajstić information content (AvgIpc) is 2.99. The van der Waals surface area contributed by atoms with E-state index in [0.717, 1.165) is 19.3 Å². The van der Waals surface area contributed by atoms with E-state index in [9.17, 15) is 19.5 Å². The fourth-order valence-corrected chi connectivity index (χ4v) is 5.58. The molecule has 2 unspecified atom stereocenters. The van der Waals surface area contributed by atoms with Crippen molar-refractivity contribution in [1.82, 2.24) is 0 Å². The highest BCUT2D eigenvalue weighted by molar-refractivity contribution is 5.72. The smallest absolute Gasteiger partial charge is 0.362 e. The Hall–Kier alpha value is -1.93. The first-order valence-corrected chi connectivity index (χ1v) is 18.7. The number of allylic oxidation sites excluding steroid dienone is 2. The fraction of sp³-hybridized carbons (Fsp3) is 0.868. The van der Waals surface area contributed by atoms with Crippen LogP contribution in [0.15, 0.2) is 12.2 Å². The number of carbonyl (C=O) groups excluding carboxylic acids is 2. The second-order valence-corrected chi connectivity index (χ2v) is 13.9. The summed E-state index contributed by atoms with van der Waals surface area (Å²) in [6.07, 6.45) is 31.7. The molecule has 1 N–H and O–H groups in total. The number of likely N-dealkylation sites (N-methyl/N-ethyl adjacent to an activating group) is 1. The topological polar surface area (TPSA) is 99.1 Å². The van der Waals surface area contributed by atoms with Crippen LogP contribution in [0.3, 0.4) is 0 Å². The van der Waals surface area contributed by atoms with Crippen molar-refractivity contribution in [3.63, 3.8) is 0 Å². The molecule has 0 aliphatic heterocycles. The Kier molecular flexibility index (Phi) is 29.1. The molecule has 0 saturated heterocycles. The summed E-state index contributed by atoms with van der Waals surface area (Å²) >= 11 is 0. The molecule has 0 aromatic heterocycles. The number of rotatable bonds is 33. The molecule has 0 aromatic carbocycles. The van der Waals surface area contributed by atoms with Crippen LogP contribution in [0, 0.1) is 0 Å². The fourth-order valence-electron chi connectivity index (χ4n) is 5.58. The first kappa shape index (κ1) is 44.1. The van der Waals surface area contributed by atoms with Crippen LogP contribution < -0.4 is 0 Å². The van der Waals surface area contributed by atoms with Gasteiger partial charge in [-0.05, 0) is 32.1 Å². The molecule has 0 spiro atoms. The number of hydrogen-bond donors (Lipinski definition) is 1. The lowest BCUT2D eigenvalue weighted by Gasteiger charge is -2.31. The zero-order valence-electron chi connectivity index (χ0n) is 30.5. The standard InChI is InChI=1S/C38H71NO7/c1-6-7-8-9-10-11-12-13-14-15-16-17-18-19-20-21-22-23-24-25-26-27-28-29-37(41)46-35(33-45-34(2)40)32-44-31-30-36(38(42)43)39(3,4)5/h15-16,35-36H,6-14,17-33H2,1-5H3/p+1/b16-15-. The summed E-state index contributed by atoms with van der Waals surface area (Å²) < 4.78 is 16.4. The number of unbranched alkanes of at least 4 members (excludes halogenated alkanes) is 19. The number of ether oxygens (including phenoxy) is 3. The predicted octanol–water partition coefficient (Wildman–Crippen LogP) is 9.19. The van der Waals surface area contributed by atoms with Crippen molar-refractivity contribution < 1.29 is 38.2 Å². The molecule has 0 rings (SSSR count). The number of carbonyl (C=O) groups is 3. The summed E-state index contributed by atoms with van der Waals surface area (Å²) in [5.41, 5.74) is 0. The number of hydrogen-bond acceptors (Lipinski definition) is 6. The average molecular weight is 655 g/mol. The van der Waals surface area contributed by atoms with E-state index in [1.54, 1.807) is 0 Å². The number of carboxylic acid groups (broad SMARTS) is 1. The summed E-state index contributed by atoms with van der Waals surface area (Å²) in [5, 5.41) is 9.45. The van der Waals surface area contributed by atoms with Crippen LogP contribution in [0.2, 0.25) is 0 Å². The monoisotopic (exact) mass is 655 g/mol. The van der Waals surface area contributed by atoms with Gasteiger partial charge in [-0.15, -0.1) is 0 Å². The van der Waals surface area contributed by atoms with Crippen LogP contribution in [-0.2, 0) is 28.6 Å². The van der Waals surface area contributed by atoms with Crippen molar-refractivity contribution >= 4 is 17.9 Å². The Morgan fingerprint density at radius 1 is 0.674 bits per heavy atom. The van der Waals surface area contributed by atoms with Crippen LogP contribution in [0.5, 0.6) is 0 Å². The molecule has 0 radical (unpaired) electrons. The van der Waals surface area contributed by atoms with Gasteiger partial charge in [0.15, 0.2) is 12.1 Å². The molecule has 0 amide bonds. The Labute approximate surface area is 282 Å². The lowest BCUT2D eigenvalue weighted by Crippen LogP contribution is -2.50. The van der Waals surface area contributed by atoms with Crippen molar-refractivity contribution in [2.24, 2.45) is 0 Å². The maximum atomic E-state index is 12.4. The number of quaternary nitrogens is 1. The lowest BCUT2D eigenvalue weighted by molar-refractivity contribution is -0.887. The van der Waals surface area contributed by atoms with E-state index in [1.807, 2.05) is 21.1 Å². The van der Waals surface area contributed by atoms with Gasteiger partial charge in [-0.3, -0.25) is 9.59 Å². The van der Waals surface area contributed by atoms with Gasteiger partial charge in [-0.25, -0.2) is 4.79 Å². The van der Waals surface area contributed by atoms with Crippen LogP contribution in [0.25, 0.3) is 0 Å². The number of aliphatic carboxylic acids is 1.